The minimum Gasteiger partial charge on any atom is -0.459 e. The molecule has 0 saturated heterocycles. The van der Waals surface area contributed by atoms with E-state index >= 15 is 0 Å². The molecule has 1 heterocycles. The molecule has 0 fully saturated rings. The molecular weight excluding hydrogens is 352 g/mol. The first-order valence-electron chi connectivity index (χ1n) is 9.16. The average Bonchev–Trinajstić information content (AvgIpc) is 3.23. The fraction of sp³-hybridized carbons (Fsp3) is 0.217. The van der Waals surface area contributed by atoms with Crippen molar-refractivity contribution in [1.29, 1.82) is 0 Å². The predicted octanol–water partition coefficient (Wildman–Crippen LogP) is 3.87. The van der Waals surface area contributed by atoms with Crippen molar-refractivity contribution >= 4 is 11.8 Å². The number of hydrogen-bond donors (Lipinski definition) is 1. The summed E-state index contributed by atoms with van der Waals surface area (Å²) >= 11 is 0. The molecule has 144 valence electrons. The van der Waals surface area contributed by atoms with Gasteiger partial charge in [0.2, 0.25) is 5.91 Å². The Kier molecular flexibility index (Phi) is 5.94. The third kappa shape index (κ3) is 4.49. The first-order chi connectivity index (χ1) is 13.5. The second-order valence-electron chi connectivity index (χ2n) is 6.89. The van der Waals surface area contributed by atoms with Gasteiger partial charge < -0.3 is 14.6 Å². The molecule has 0 aliphatic heterocycles. The first-order valence-corrected chi connectivity index (χ1v) is 9.16. The minimum absolute atomic E-state index is 0.0618. The van der Waals surface area contributed by atoms with Crippen LogP contribution in [0, 0.1) is 13.8 Å². The zero-order valence-corrected chi connectivity index (χ0v) is 16.3. The lowest BCUT2D eigenvalue weighted by Gasteiger charge is -2.23. The summed E-state index contributed by atoms with van der Waals surface area (Å²) in [6.07, 6.45) is 1.44. The SMILES string of the molecule is Cc1ccc(C(NC(=O)CN(C)C(=O)c2ccco2)c2ccccc2)cc1C. The number of nitrogens with zero attached hydrogens (tertiary/aromatic N) is 1. The lowest BCUT2D eigenvalue weighted by molar-refractivity contribution is -0.122. The van der Waals surface area contributed by atoms with Crippen molar-refractivity contribution in [2.75, 3.05) is 13.6 Å². The number of carbonyl (C=O) groups is 2. The van der Waals surface area contributed by atoms with Crippen molar-refractivity contribution in [2.24, 2.45) is 0 Å². The van der Waals surface area contributed by atoms with Gasteiger partial charge in [0.15, 0.2) is 5.76 Å². The average molecular weight is 376 g/mol. The van der Waals surface area contributed by atoms with Crippen LogP contribution in [0.5, 0.6) is 0 Å². The molecular formula is C23H24N2O3. The van der Waals surface area contributed by atoms with Crippen LogP contribution in [0.1, 0.15) is 38.9 Å². The van der Waals surface area contributed by atoms with E-state index in [1.54, 1.807) is 19.2 Å². The van der Waals surface area contributed by atoms with Gasteiger partial charge in [-0.15, -0.1) is 0 Å². The molecule has 1 unspecified atom stereocenters. The normalized spacial score (nSPS) is 11.7. The maximum Gasteiger partial charge on any atom is 0.289 e. The van der Waals surface area contributed by atoms with Crippen LogP contribution in [0.15, 0.2) is 71.3 Å². The predicted molar refractivity (Wildman–Crippen MR) is 108 cm³/mol. The lowest BCUT2D eigenvalue weighted by atomic mass is 9.95. The number of hydrogen-bond acceptors (Lipinski definition) is 3. The number of benzene rings is 2. The van der Waals surface area contributed by atoms with Crippen LogP contribution in [0.2, 0.25) is 0 Å². The van der Waals surface area contributed by atoms with Gasteiger partial charge in [-0.25, -0.2) is 0 Å². The summed E-state index contributed by atoms with van der Waals surface area (Å²) in [7, 11) is 1.58. The highest BCUT2D eigenvalue weighted by Crippen LogP contribution is 2.24. The van der Waals surface area contributed by atoms with E-state index in [0.29, 0.717) is 0 Å². The zero-order chi connectivity index (χ0) is 20.1. The van der Waals surface area contributed by atoms with Crippen molar-refractivity contribution in [1.82, 2.24) is 10.2 Å². The van der Waals surface area contributed by atoms with Gasteiger partial charge in [0.25, 0.3) is 5.91 Å². The van der Waals surface area contributed by atoms with Gasteiger partial charge in [0, 0.05) is 7.05 Å². The number of amides is 2. The summed E-state index contributed by atoms with van der Waals surface area (Å²) in [6, 6.07) is 18.9. The van der Waals surface area contributed by atoms with Crippen molar-refractivity contribution in [3.8, 4) is 0 Å². The van der Waals surface area contributed by atoms with Gasteiger partial charge in [-0.05, 0) is 48.2 Å². The number of rotatable bonds is 6. The third-order valence-electron chi connectivity index (χ3n) is 4.76. The molecule has 0 radical (unpaired) electrons. The second kappa shape index (κ2) is 8.57. The maximum atomic E-state index is 12.7. The number of furan rings is 1. The van der Waals surface area contributed by atoms with Gasteiger partial charge >= 0.3 is 0 Å². The molecule has 28 heavy (non-hydrogen) atoms. The smallest absolute Gasteiger partial charge is 0.289 e. The monoisotopic (exact) mass is 376 g/mol. The molecule has 2 aromatic carbocycles. The Labute approximate surface area is 165 Å². The topological polar surface area (TPSA) is 62.6 Å². The minimum atomic E-state index is -0.331. The molecule has 5 nitrogen and oxygen atoms in total. The fourth-order valence-corrected chi connectivity index (χ4v) is 3.03. The van der Waals surface area contributed by atoms with Crippen molar-refractivity contribution in [2.45, 2.75) is 19.9 Å². The summed E-state index contributed by atoms with van der Waals surface area (Å²) < 4.78 is 5.12. The van der Waals surface area contributed by atoms with E-state index in [2.05, 4.69) is 31.3 Å². The van der Waals surface area contributed by atoms with E-state index in [0.717, 1.165) is 16.7 Å². The van der Waals surface area contributed by atoms with E-state index in [-0.39, 0.29) is 30.2 Å². The molecule has 0 aliphatic rings. The largest absolute Gasteiger partial charge is 0.459 e. The molecule has 1 aromatic heterocycles. The molecule has 1 N–H and O–H groups in total. The van der Waals surface area contributed by atoms with Gasteiger partial charge in [-0.2, -0.15) is 0 Å². The highest BCUT2D eigenvalue weighted by Gasteiger charge is 2.21. The van der Waals surface area contributed by atoms with Crippen LogP contribution in [-0.2, 0) is 4.79 Å². The van der Waals surface area contributed by atoms with E-state index in [1.165, 1.54) is 16.7 Å². The molecule has 0 saturated carbocycles. The van der Waals surface area contributed by atoms with Crippen LogP contribution in [0.25, 0.3) is 0 Å². The Balaban J connectivity index is 1.78. The molecule has 0 aliphatic carbocycles. The van der Waals surface area contributed by atoms with Gasteiger partial charge in [0.05, 0.1) is 18.8 Å². The van der Waals surface area contributed by atoms with E-state index in [9.17, 15) is 9.59 Å². The molecule has 0 bridgehead atoms. The number of aryl methyl sites for hydroxylation is 2. The van der Waals surface area contributed by atoms with E-state index < -0.39 is 0 Å². The van der Waals surface area contributed by atoms with Crippen LogP contribution in [0.3, 0.4) is 0 Å². The van der Waals surface area contributed by atoms with E-state index in [1.807, 2.05) is 36.4 Å². The molecule has 2 amide bonds. The summed E-state index contributed by atoms with van der Waals surface area (Å²) in [5, 5.41) is 3.06. The van der Waals surface area contributed by atoms with Crippen LogP contribution < -0.4 is 5.32 Å². The van der Waals surface area contributed by atoms with Crippen molar-refractivity contribution < 1.29 is 14.0 Å². The van der Waals surface area contributed by atoms with Crippen LogP contribution in [0.4, 0.5) is 0 Å². The van der Waals surface area contributed by atoms with Crippen molar-refractivity contribution in [3.63, 3.8) is 0 Å². The summed E-state index contributed by atoms with van der Waals surface area (Å²) in [5.74, 6) is -0.360. The zero-order valence-electron chi connectivity index (χ0n) is 16.3. The molecule has 0 spiro atoms. The van der Waals surface area contributed by atoms with Gasteiger partial charge in [-0.1, -0.05) is 48.5 Å². The Morgan fingerprint density at radius 2 is 1.71 bits per heavy atom. The Morgan fingerprint density at radius 3 is 2.36 bits per heavy atom. The molecule has 5 heteroatoms. The lowest BCUT2D eigenvalue weighted by Crippen LogP contribution is -2.40. The van der Waals surface area contributed by atoms with Gasteiger partial charge in [-0.3, -0.25) is 9.59 Å². The van der Waals surface area contributed by atoms with Crippen molar-refractivity contribution in [3.05, 3.63) is 94.9 Å². The highest BCUT2D eigenvalue weighted by atomic mass is 16.3. The maximum absolute atomic E-state index is 12.7. The molecule has 3 rings (SSSR count). The quantitative estimate of drug-likeness (QED) is 0.710. The number of nitrogens with one attached hydrogen (secondary N) is 1. The van der Waals surface area contributed by atoms with Crippen LogP contribution in [-0.4, -0.2) is 30.3 Å². The summed E-state index contributed by atoms with van der Waals surface area (Å²) in [6.45, 7) is 4.05. The van der Waals surface area contributed by atoms with Gasteiger partial charge in [0.1, 0.15) is 0 Å². The molecule has 1 atom stereocenters. The third-order valence-corrected chi connectivity index (χ3v) is 4.76. The second-order valence-corrected chi connectivity index (χ2v) is 6.89. The number of likely N-dealkylation sites (N-methyl/N-ethyl adjacent to an activating group) is 1. The Morgan fingerprint density at radius 1 is 0.964 bits per heavy atom. The Bertz CT molecular complexity index is 949. The summed E-state index contributed by atoms with van der Waals surface area (Å²) in [5.41, 5.74) is 4.35. The highest BCUT2D eigenvalue weighted by molar-refractivity contribution is 5.94. The number of carbonyl (C=O) groups excluding carboxylic acids is 2. The Hall–Kier alpha value is -3.34. The van der Waals surface area contributed by atoms with Crippen LogP contribution >= 0.6 is 0 Å². The standard InChI is InChI=1S/C23H24N2O3/c1-16-11-12-19(14-17(16)2)22(18-8-5-4-6-9-18)24-21(26)15-25(3)23(27)20-10-7-13-28-20/h4-14,22H,15H2,1-3H3,(H,24,26). The summed E-state index contributed by atoms with van der Waals surface area (Å²) in [4.78, 5) is 26.3. The van der Waals surface area contributed by atoms with E-state index in [4.69, 9.17) is 4.42 Å². The fourth-order valence-electron chi connectivity index (χ4n) is 3.03. The first kappa shape index (κ1) is 19.4. The molecule has 3 aromatic rings.